The van der Waals surface area contributed by atoms with Gasteiger partial charge in [0, 0.05) is 10.4 Å². The molecule has 0 fully saturated rings. The summed E-state index contributed by atoms with van der Waals surface area (Å²) in [5.74, 6) is 0. The second-order valence-electron chi connectivity index (χ2n) is 4.40. The number of aromatic nitrogens is 2. The average molecular weight is 312 g/mol. The largest absolute Gasteiger partial charge is 0.271 e. The van der Waals surface area contributed by atoms with E-state index < -0.39 is 0 Å². The van der Waals surface area contributed by atoms with E-state index in [-0.39, 0.29) is 11.4 Å². The fourth-order valence-corrected chi connectivity index (χ4v) is 3.00. The zero-order valence-corrected chi connectivity index (χ0v) is 12.2. The number of nitrogens with zero attached hydrogens (tertiary/aromatic N) is 6. The third-order valence-electron chi connectivity index (χ3n) is 3.34. The Morgan fingerprint density at radius 3 is 1.70 bits per heavy atom. The molecule has 104 valence electrons. The van der Waals surface area contributed by atoms with Crippen LogP contribution in [0.25, 0.3) is 42.9 Å². The van der Waals surface area contributed by atoms with Crippen LogP contribution in [-0.2, 0) is 0 Å². The maximum absolute atomic E-state index is 9.26. The lowest BCUT2D eigenvalue weighted by molar-refractivity contribution is 1.51. The van der Waals surface area contributed by atoms with Gasteiger partial charge >= 0.3 is 0 Å². The molecule has 0 bridgehead atoms. The normalized spacial score (nSPS) is 12.7. The Labute approximate surface area is 134 Å². The fourth-order valence-electron chi connectivity index (χ4n) is 2.44. The molecule has 0 spiro atoms. The van der Waals surface area contributed by atoms with E-state index in [0.717, 1.165) is 11.7 Å². The van der Waals surface area contributed by atoms with Crippen LogP contribution in [-0.4, -0.2) is 8.75 Å². The number of rotatable bonds is 0. The number of benzene rings is 2. The Bertz CT molecular complexity index is 1130. The van der Waals surface area contributed by atoms with Crippen LogP contribution in [0.1, 0.15) is 0 Å². The van der Waals surface area contributed by atoms with Gasteiger partial charge in [-0.2, -0.15) is 8.75 Å². The molecule has 0 atom stereocenters. The summed E-state index contributed by atoms with van der Waals surface area (Å²) in [5, 5.41) is 20.5. The van der Waals surface area contributed by atoms with Crippen LogP contribution in [0.2, 0.25) is 0 Å². The van der Waals surface area contributed by atoms with Crippen molar-refractivity contribution < 1.29 is 0 Å². The van der Waals surface area contributed by atoms with Crippen LogP contribution in [0.4, 0.5) is 0 Å². The Hall–Kier alpha value is -3.78. The van der Waals surface area contributed by atoms with E-state index in [1.54, 1.807) is 24.3 Å². The summed E-state index contributed by atoms with van der Waals surface area (Å²) in [4.78, 5) is 6.56. The lowest BCUT2D eigenvalue weighted by atomic mass is 10.0. The third kappa shape index (κ3) is 1.98. The first kappa shape index (κ1) is 14.2. The number of hydrogen-bond acceptors (Lipinski definition) is 5. The molecule has 0 saturated carbocycles. The molecular weight excluding hydrogens is 308 g/mol. The van der Waals surface area contributed by atoms with Crippen molar-refractivity contribution in [2.45, 2.75) is 0 Å². The first-order valence-electron chi connectivity index (χ1n) is 6.23. The van der Waals surface area contributed by atoms with Crippen LogP contribution >= 0.6 is 11.7 Å². The zero-order chi connectivity index (χ0) is 16.4. The Morgan fingerprint density at radius 2 is 1.35 bits per heavy atom. The van der Waals surface area contributed by atoms with Gasteiger partial charge in [0.1, 0.15) is 11.0 Å². The maximum Gasteiger partial charge on any atom is 0.271 e. The Kier molecular flexibility index (Phi) is 3.41. The highest BCUT2D eigenvalue weighted by Crippen LogP contribution is 2.15. The second kappa shape index (κ2) is 5.54. The molecule has 0 saturated heterocycles. The van der Waals surface area contributed by atoms with Crippen LogP contribution in [0.3, 0.4) is 0 Å². The van der Waals surface area contributed by atoms with Crippen molar-refractivity contribution in [3.8, 4) is 12.1 Å². The van der Waals surface area contributed by atoms with Gasteiger partial charge in [0.25, 0.3) is 11.4 Å². The van der Waals surface area contributed by atoms with Crippen molar-refractivity contribution in [1.82, 2.24) is 8.75 Å². The Balaban J connectivity index is 2.92. The van der Waals surface area contributed by atoms with E-state index in [0.29, 0.717) is 32.2 Å². The molecule has 0 N–H and O–H groups in total. The van der Waals surface area contributed by atoms with Crippen molar-refractivity contribution >= 4 is 44.9 Å². The van der Waals surface area contributed by atoms with Gasteiger partial charge in [-0.3, -0.25) is 0 Å². The second-order valence-corrected chi connectivity index (χ2v) is 4.93. The molecule has 3 aromatic rings. The first-order valence-corrected chi connectivity index (χ1v) is 6.96. The molecule has 0 unspecified atom stereocenters. The minimum absolute atomic E-state index is 0.0910. The van der Waals surface area contributed by atoms with Crippen molar-refractivity contribution in [1.29, 1.82) is 10.5 Å². The predicted molar refractivity (Wildman–Crippen MR) is 85.4 cm³/mol. The predicted octanol–water partition coefficient (Wildman–Crippen LogP) is 1.95. The van der Waals surface area contributed by atoms with Gasteiger partial charge in [0.05, 0.1) is 37.0 Å². The van der Waals surface area contributed by atoms with E-state index in [4.69, 9.17) is 13.1 Å². The zero-order valence-electron chi connectivity index (χ0n) is 11.4. The standard InChI is InChI=1S/C16H4N6S/c1-19-11(7-17)13-9-5-3-4-6-10(9)14(12(8-18)20-2)16-15(13)21-23-22-16/h3-6H. The van der Waals surface area contributed by atoms with E-state index >= 15 is 0 Å². The lowest BCUT2D eigenvalue weighted by Crippen LogP contribution is -2.17. The summed E-state index contributed by atoms with van der Waals surface area (Å²) >= 11 is 0.917. The summed E-state index contributed by atoms with van der Waals surface area (Å²) in [6, 6.07) is 10.8. The van der Waals surface area contributed by atoms with Gasteiger partial charge in [-0.15, -0.1) is 0 Å². The van der Waals surface area contributed by atoms with E-state index in [2.05, 4.69) is 18.4 Å². The number of nitriles is 2. The van der Waals surface area contributed by atoms with Crippen LogP contribution in [0, 0.1) is 35.8 Å². The van der Waals surface area contributed by atoms with Crippen LogP contribution < -0.4 is 10.4 Å². The third-order valence-corrected chi connectivity index (χ3v) is 3.87. The van der Waals surface area contributed by atoms with Gasteiger partial charge in [-0.25, -0.2) is 20.2 Å². The van der Waals surface area contributed by atoms with E-state index in [9.17, 15) is 10.5 Å². The molecule has 3 rings (SSSR count). The molecule has 0 amide bonds. The van der Waals surface area contributed by atoms with Gasteiger partial charge in [0.2, 0.25) is 0 Å². The van der Waals surface area contributed by atoms with Crippen molar-refractivity contribution in [2.75, 3.05) is 0 Å². The first-order chi connectivity index (χ1) is 11.3. The molecule has 6 nitrogen and oxygen atoms in total. The van der Waals surface area contributed by atoms with E-state index in [1.807, 2.05) is 12.1 Å². The molecule has 1 aromatic heterocycles. The van der Waals surface area contributed by atoms with Gasteiger partial charge in [-0.05, 0) is 10.8 Å². The maximum atomic E-state index is 9.26. The monoisotopic (exact) mass is 312 g/mol. The minimum atomic E-state index is -0.0910. The summed E-state index contributed by atoms with van der Waals surface area (Å²) in [6.45, 7) is 14.5. The minimum Gasteiger partial charge on any atom is -0.226 e. The van der Waals surface area contributed by atoms with Crippen molar-refractivity contribution in [3.05, 3.63) is 57.5 Å². The highest BCUT2D eigenvalue weighted by Gasteiger charge is 2.14. The van der Waals surface area contributed by atoms with Crippen LogP contribution in [0.5, 0.6) is 0 Å². The molecule has 7 heteroatoms. The molecule has 0 aliphatic carbocycles. The summed E-state index contributed by atoms with van der Waals surface area (Å²) in [5.41, 5.74) is 0.554. The van der Waals surface area contributed by atoms with Crippen LogP contribution in [0.15, 0.2) is 24.3 Å². The highest BCUT2D eigenvalue weighted by molar-refractivity contribution is 7.00. The molecule has 23 heavy (non-hydrogen) atoms. The lowest BCUT2D eigenvalue weighted by Gasteiger charge is -2.03. The van der Waals surface area contributed by atoms with E-state index in [1.165, 1.54) is 0 Å². The summed E-state index contributed by atoms with van der Waals surface area (Å²) in [6.07, 6.45) is 0. The van der Waals surface area contributed by atoms with Gasteiger partial charge < -0.3 is 0 Å². The number of fused-ring (bicyclic) bond motifs is 2. The summed E-state index contributed by atoms with van der Waals surface area (Å²) in [7, 11) is 0. The quantitative estimate of drug-likeness (QED) is 0.594. The average Bonchev–Trinajstić information content (AvgIpc) is 3.07. The topological polar surface area (TPSA) is 82.1 Å². The summed E-state index contributed by atoms with van der Waals surface area (Å²) < 4.78 is 8.37. The molecule has 0 aliphatic rings. The van der Waals surface area contributed by atoms with Gasteiger partial charge in [0.15, 0.2) is 0 Å². The molecular formula is C16H4N6S. The molecule has 2 aromatic carbocycles. The van der Waals surface area contributed by atoms with Gasteiger partial charge in [-0.1, -0.05) is 24.3 Å². The fraction of sp³-hybridized carbons (Fsp3) is 0. The molecule has 0 radical (unpaired) electrons. The molecule has 0 aliphatic heterocycles. The molecule has 1 heterocycles. The van der Waals surface area contributed by atoms with Crippen molar-refractivity contribution in [3.63, 3.8) is 0 Å². The Morgan fingerprint density at radius 1 is 0.913 bits per heavy atom. The SMILES string of the molecule is [C-]#[N+]C(C#N)=c1c2ccccc2c(=C(C#N)[N+]#[C-])c2nsnc12. The number of hydrogen-bond donors (Lipinski definition) is 0. The van der Waals surface area contributed by atoms with Crippen molar-refractivity contribution in [2.24, 2.45) is 0 Å². The smallest absolute Gasteiger partial charge is 0.226 e. The highest BCUT2D eigenvalue weighted by atomic mass is 32.1.